The zero-order chi connectivity index (χ0) is 9.40. The van der Waals surface area contributed by atoms with Crippen LogP contribution in [-0.2, 0) is 9.63 Å². The Morgan fingerprint density at radius 2 is 2.23 bits per heavy atom. The molecule has 0 amide bonds. The van der Waals surface area contributed by atoms with Gasteiger partial charge < -0.3 is 22.5 Å². The summed E-state index contributed by atoms with van der Waals surface area (Å²) < 4.78 is 0. The molecular formula is C7H20N4O2. The SMILES string of the molecule is CNOC(=O)CC(N)CCCN.N. The Balaban J connectivity index is 0. The van der Waals surface area contributed by atoms with E-state index in [2.05, 4.69) is 10.3 Å². The van der Waals surface area contributed by atoms with Crippen molar-refractivity contribution in [3.05, 3.63) is 0 Å². The number of nitrogens with two attached hydrogens (primary N) is 2. The van der Waals surface area contributed by atoms with Crippen molar-refractivity contribution < 1.29 is 9.63 Å². The van der Waals surface area contributed by atoms with Gasteiger partial charge in [0.05, 0.1) is 6.42 Å². The van der Waals surface area contributed by atoms with E-state index in [1.54, 1.807) is 0 Å². The molecule has 6 nitrogen and oxygen atoms in total. The molecule has 80 valence electrons. The number of hydroxylamine groups is 1. The smallest absolute Gasteiger partial charge is 0.326 e. The fourth-order valence-corrected chi connectivity index (χ4v) is 0.852. The molecule has 0 aliphatic rings. The van der Waals surface area contributed by atoms with Gasteiger partial charge in [-0.05, 0) is 19.4 Å². The Bertz CT molecular complexity index is 132. The van der Waals surface area contributed by atoms with E-state index < -0.39 is 0 Å². The predicted molar refractivity (Wildman–Crippen MR) is 51.1 cm³/mol. The number of nitrogens with one attached hydrogen (secondary N) is 1. The molecule has 0 aromatic heterocycles. The third-order valence-corrected chi connectivity index (χ3v) is 1.42. The summed E-state index contributed by atoms with van der Waals surface area (Å²) in [5.74, 6) is -0.331. The fraction of sp³-hybridized carbons (Fsp3) is 0.857. The van der Waals surface area contributed by atoms with Gasteiger partial charge in [0, 0.05) is 13.1 Å². The first kappa shape index (κ1) is 14.8. The van der Waals surface area contributed by atoms with Crippen LogP contribution in [0.15, 0.2) is 0 Å². The third-order valence-electron chi connectivity index (χ3n) is 1.42. The Morgan fingerprint density at radius 1 is 1.62 bits per heavy atom. The highest BCUT2D eigenvalue weighted by molar-refractivity contribution is 5.69. The van der Waals surface area contributed by atoms with Crippen LogP contribution in [0.5, 0.6) is 0 Å². The number of carbonyl (C=O) groups excluding carboxylic acids is 1. The van der Waals surface area contributed by atoms with Gasteiger partial charge in [0.2, 0.25) is 0 Å². The molecule has 1 atom stereocenters. The fourth-order valence-electron chi connectivity index (χ4n) is 0.852. The Kier molecular flexibility index (Phi) is 10.7. The van der Waals surface area contributed by atoms with Gasteiger partial charge in [-0.15, -0.1) is 0 Å². The summed E-state index contributed by atoms with van der Waals surface area (Å²) in [6, 6.07) is -0.144. The minimum atomic E-state index is -0.331. The zero-order valence-electron chi connectivity index (χ0n) is 8.08. The summed E-state index contributed by atoms with van der Waals surface area (Å²) in [5.41, 5.74) is 13.2. The van der Waals surface area contributed by atoms with Gasteiger partial charge in [0.15, 0.2) is 0 Å². The second-order valence-corrected chi connectivity index (χ2v) is 2.57. The molecule has 0 heterocycles. The van der Waals surface area contributed by atoms with Gasteiger partial charge >= 0.3 is 5.97 Å². The lowest BCUT2D eigenvalue weighted by atomic mass is 10.1. The van der Waals surface area contributed by atoms with Gasteiger partial charge in [-0.3, -0.25) is 4.79 Å². The Hall–Kier alpha value is -0.690. The van der Waals surface area contributed by atoms with Crippen molar-refractivity contribution in [1.82, 2.24) is 11.6 Å². The zero-order valence-corrected chi connectivity index (χ0v) is 8.08. The summed E-state index contributed by atoms with van der Waals surface area (Å²) >= 11 is 0. The van der Waals surface area contributed by atoms with E-state index in [0.29, 0.717) is 6.54 Å². The molecule has 1 unspecified atom stereocenters. The van der Waals surface area contributed by atoms with Crippen molar-refractivity contribution in [1.29, 1.82) is 0 Å². The van der Waals surface area contributed by atoms with Gasteiger partial charge in [-0.25, -0.2) is 0 Å². The van der Waals surface area contributed by atoms with Crippen molar-refractivity contribution in [2.75, 3.05) is 13.6 Å². The topological polar surface area (TPSA) is 125 Å². The molecule has 6 heteroatoms. The van der Waals surface area contributed by atoms with Gasteiger partial charge in [-0.1, -0.05) is 0 Å². The van der Waals surface area contributed by atoms with E-state index in [0.717, 1.165) is 12.8 Å². The van der Waals surface area contributed by atoms with Crippen molar-refractivity contribution in [2.24, 2.45) is 11.5 Å². The van der Waals surface area contributed by atoms with Crippen LogP contribution in [0, 0.1) is 0 Å². The Morgan fingerprint density at radius 3 is 2.69 bits per heavy atom. The molecule has 8 N–H and O–H groups in total. The largest absolute Gasteiger partial charge is 0.371 e. The third kappa shape index (κ3) is 9.22. The summed E-state index contributed by atoms with van der Waals surface area (Å²) in [6.07, 6.45) is 1.84. The van der Waals surface area contributed by atoms with Gasteiger partial charge in [0.1, 0.15) is 0 Å². The van der Waals surface area contributed by atoms with Crippen LogP contribution in [0.4, 0.5) is 0 Å². The molecule has 0 spiro atoms. The molecule has 0 saturated heterocycles. The monoisotopic (exact) mass is 192 g/mol. The molecular weight excluding hydrogens is 172 g/mol. The maximum atomic E-state index is 10.8. The first-order valence-corrected chi connectivity index (χ1v) is 4.02. The standard InChI is InChI=1S/C7H17N3O2.H3N/c1-10-12-7(11)5-6(9)3-2-4-8;/h6,10H,2-5,8-9H2,1H3;1H3. The van der Waals surface area contributed by atoms with E-state index in [-0.39, 0.29) is 24.6 Å². The van der Waals surface area contributed by atoms with Crippen molar-refractivity contribution in [3.8, 4) is 0 Å². The van der Waals surface area contributed by atoms with Gasteiger partial charge in [0.25, 0.3) is 0 Å². The number of hydrogen-bond donors (Lipinski definition) is 4. The van der Waals surface area contributed by atoms with E-state index in [1.165, 1.54) is 7.05 Å². The van der Waals surface area contributed by atoms with E-state index in [1.807, 2.05) is 0 Å². The molecule has 0 rings (SSSR count). The minimum absolute atomic E-state index is 0. The first-order valence-electron chi connectivity index (χ1n) is 4.02. The quantitative estimate of drug-likeness (QED) is 0.412. The van der Waals surface area contributed by atoms with Crippen LogP contribution in [0.3, 0.4) is 0 Å². The minimum Gasteiger partial charge on any atom is -0.371 e. The number of hydrogen-bond acceptors (Lipinski definition) is 6. The molecule has 0 fully saturated rings. The molecule has 0 aliphatic carbocycles. The molecule has 0 aromatic carbocycles. The predicted octanol–water partition coefficient (Wildman–Crippen LogP) is -0.718. The highest BCUT2D eigenvalue weighted by Gasteiger charge is 2.09. The average molecular weight is 192 g/mol. The lowest BCUT2D eigenvalue weighted by Crippen LogP contribution is -2.27. The lowest BCUT2D eigenvalue weighted by molar-refractivity contribution is -0.150. The second kappa shape index (κ2) is 9.40. The summed E-state index contributed by atoms with van der Waals surface area (Å²) in [5, 5.41) is 0. The normalized spacial score (nSPS) is 11.6. The first-order chi connectivity index (χ1) is 5.70. The molecule has 0 radical (unpaired) electrons. The number of rotatable bonds is 6. The van der Waals surface area contributed by atoms with Crippen LogP contribution in [0.2, 0.25) is 0 Å². The van der Waals surface area contributed by atoms with Crippen LogP contribution >= 0.6 is 0 Å². The van der Waals surface area contributed by atoms with Gasteiger partial charge in [-0.2, -0.15) is 5.48 Å². The molecule has 0 saturated carbocycles. The highest BCUT2D eigenvalue weighted by Crippen LogP contribution is 1.98. The highest BCUT2D eigenvalue weighted by atomic mass is 16.7. The van der Waals surface area contributed by atoms with Crippen molar-refractivity contribution >= 4 is 5.97 Å². The van der Waals surface area contributed by atoms with Crippen LogP contribution < -0.4 is 23.1 Å². The van der Waals surface area contributed by atoms with E-state index >= 15 is 0 Å². The molecule has 13 heavy (non-hydrogen) atoms. The maximum absolute atomic E-state index is 10.8. The average Bonchev–Trinajstić information content (AvgIpc) is 2.01. The van der Waals surface area contributed by atoms with Crippen molar-refractivity contribution in [2.45, 2.75) is 25.3 Å². The lowest BCUT2D eigenvalue weighted by Gasteiger charge is -2.08. The van der Waals surface area contributed by atoms with E-state index in [4.69, 9.17) is 11.5 Å². The molecule has 0 aliphatic heterocycles. The van der Waals surface area contributed by atoms with Crippen LogP contribution in [0.25, 0.3) is 0 Å². The maximum Gasteiger partial charge on any atom is 0.326 e. The second-order valence-electron chi connectivity index (χ2n) is 2.57. The van der Waals surface area contributed by atoms with E-state index in [9.17, 15) is 4.79 Å². The summed E-state index contributed by atoms with van der Waals surface area (Å²) in [4.78, 5) is 15.3. The van der Waals surface area contributed by atoms with Crippen LogP contribution in [0.1, 0.15) is 19.3 Å². The van der Waals surface area contributed by atoms with Crippen LogP contribution in [-0.4, -0.2) is 25.6 Å². The molecule has 0 aromatic rings. The number of carbonyl (C=O) groups is 1. The Labute approximate surface area is 78.5 Å². The summed E-state index contributed by atoms with van der Waals surface area (Å²) in [7, 11) is 1.53. The summed E-state index contributed by atoms with van der Waals surface area (Å²) in [6.45, 7) is 0.606. The molecule has 0 bridgehead atoms. The van der Waals surface area contributed by atoms with Crippen molar-refractivity contribution in [3.63, 3.8) is 0 Å².